The van der Waals surface area contributed by atoms with Crippen LogP contribution in [0, 0.1) is 6.92 Å². The zero-order valence-electron chi connectivity index (χ0n) is 10.5. The van der Waals surface area contributed by atoms with Gasteiger partial charge >= 0.3 is 3.92 Å². The van der Waals surface area contributed by atoms with E-state index in [1.54, 1.807) is 38.4 Å². The topological polar surface area (TPSA) is 32.8 Å². The van der Waals surface area contributed by atoms with Crippen molar-refractivity contribution in [3.05, 3.63) is 29.8 Å². The van der Waals surface area contributed by atoms with Gasteiger partial charge in [-0.05, 0) is 19.1 Å². The Morgan fingerprint density at radius 2 is 1.84 bits per heavy atom. The molecule has 0 radical (unpaired) electrons. The summed E-state index contributed by atoms with van der Waals surface area (Å²) in [5, 5.41) is 0. The number of hydrogen-bond acceptors (Lipinski definition) is 4. The molecule has 1 atom stereocenters. The Kier molecular flexibility index (Phi) is 6.35. The van der Waals surface area contributed by atoms with Crippen molar-refractivity contribution in [1.82, 2.24) is 4.31 Å². The lowest BCUT2D eigenvalue weighted by atomic mass is 10.2. The molecule has 1 rings (SSSR count). The van der Waals surface area contributed by atoms with E-state index in [1.807, 2.05) is 6.92 Å². The summed E-state index contributed by atoms with van der Waals surface area (Å²) in [6, 6.07) is 6.95. The Hall–Kier alpha value is -0.0500. The fraction of sp³-hybridized carbons (Fsp3) is 0.400. The predicted octanol–water partition coefficient (Wildman–Crippen LogP) is 3.58. The molecule has 0 saturated carbocycles. The van der Waals surface area contributed by atoms with E-state index in [2.05, 4.69) is 0 Å². The fourth-order valence-corrected chi connectivity index (χ4v) is 2.40. The molecule has 0 spiro atoms. The molecule has 0 aromatic heterocycles. The third-order valence-electron chi connectivity index (χ3n) is 1.86. The maximum Gasteiger partial charge on any atom is 0.325 e. The smallest absolute Gasteiger partial charge is 0.209 e. The number of benzene rings is 1. The molecule has 0 heterocycles. The first kappa shape index (κ1) is 17.0. The van der Waals surface area contributed by atoms with E-state index in [0.717, 1.165) is 10.0 Å². The Bertz CT molecular complexity index is 440. The standard InChI is InChI=1S/C10H13Cl2FN2O2S2/c1-8-4-6-9(7-5-8)15(18-10(11,12)13)17-19(16)14(2)3/h4-7H,1-3H3. The Labute approximate surface area is 128 Å². The van der Waals surface area contributed by atoms with Gasteiger partial charge in [0.2, 0.25) is 0 Å². The van der Waals surface area contributed by atoms with Crippen molar-refractivity contribution >= 4 is 52.1 Å². The maximum atomic E-state index is 13.3. The molecular weight excluding hydrogens is 334 g/mol. The Morgan fingerprint density at radius 3 is 2.26 bits per heavy atom. The second-order valence-corrected chi connectivity index (χ2v) is 7.81. The molecule has 1 aromatic rings. The quantitative estimate of drug-likeness (QED) is 0.447. The van der Waals surface area contributed by atoms with Crippen molar-refractivity contribution in [3.8, 4) is 0 Å². The van der Waals surface area contributed by atoms with E-state index in [4.69, 9.17) is 27.5 Å². The summed E-state index contributed by atoms with van der Waals surface area (Å²) in [5.41, 5.74) is 1.49. The van der Waals surface area contributed by atoms with Crippen LogP contribution in [0.4, 0.5) is 10.1 Å². The van der Waals surface area contributed by atoms with Gasteiger partial charge in [-0.25, -0.2) is 8.51 Å². The van der Waals surface area contributed by atoms with Gasteiger partial charge in [0.05, 0.1) is 17.6 Å². The zero-order chi connectivity index (χ0) is 14.6. The van der Waals surface area contributed by atoms with E-state index in [0.29, 0.717) is 17.6 Å². The van der Waals surface area contributed by atoms with Crippen molar-refractivity contribution in [3.63, 3.8) is 0 Å². The van der Waals surface area contributed by atoms with Gasteiger partial charge in [-0.3, -0.25) is 0 Å². The number of rotatable bonds is 6. The second kappa shape index (κ2) is 7.10. The monoisotopic (exact) mass is 346 g/mol. The predicted molar refractivity (Wildman–Crippen MR) is 79.7 cm³/mol. The van der Waals surface area contributed by atoms with Crippen molar-refractivity contribution < 1.29 is 12.9 Å². The van der Waals surface area contributed by atoms with Crippen LogP contribution in [0.3, 0.4) is 0 Å². The molecule has 1 unspecified atom stereocenters. The van der Waals surface area contributed by atoms with Gasteiger partial charge in [-0.2, -0.15) is 8.86 Å². The SMILES string of the molecule is Cc1ccc(N(OS(=O)N(C)C)SC(F)(Cl)Cl)cc1. The highest BCUT2D eigenvalue weighted by Gasteiger charge is 2.30. The summed E-state index contributed by atoms with van der Waals surface area (Å²) in [4.78, 5) is 0. The number of hydrogen-bond donors (Lipinski definition) is 0. The van der Waals surface area contributed by atoms with Gasteiger partial charge in [0.15, 0.2) is 0 Å². The average molecular weight is 347 g/mol. The first-order valence-corrected chi connectivity index (χ1v) is 7.65. The number of nitrogens with zero attached hydrogens (tertiary/aromatic N) is 2. The fourth-order valence-electron chi connectivity index (χ4n) is 0.996. The summed E-state index contributed by atoms with van der Waals surface area (Å²) in [7, 11) is 3.11. The van der Waals surface area contributed by atoms with Crippen LogP contribution in [-0.4, -0.2) is 26.5 Å². The molecule has 0 bridgehead atoms. The van der Waals surface area contributed by atoms with Crippen LogP contribution >= 0.6 is 35.1 Å². The van der Waals surface area contributed by atoms with Crippen LogP contribution in [0.2, 0.25) is 0 Å². The summed E-state index contributed by atoms with van der Waals surface area (Å²) in [6.45, 7) is 1.91. The normalized spacial score (nSPS) is 13.6. The van der Waals surface area contributed by atoms with Gasteiger partial charge in [0, 0.05) is 14.1 Å². The van der Waals surface area contributed by atoms with Crippen LogP contribution in [-0.2, 0) is 15.6 Å². The average Bonchev–Trinajstić information content (AvgIpc) is 2.27. The Balaban J connectivity index is 2.92. The Morgan fingerprint density at radius 1 is 1.32 bits per heavy atom. The number of aryl methyl sites for hydroxylation is 1. The van der Waals surface area contributed by atoms with E-state index in [9.17, 15) is 8.60 Å². The summed E-state index contributed by atoms with van der Waals surface area (Å²) in [5.74, 6) is 0. The summed E-state index contributed by atoms with van der Waals surface area (Å²) >= 11 is 9.17. The van der Waals surface area contributed by atoms with Crippen LogP contribution in [0.15, 0.2) is 24.3 Å². The highest BCUT2D eigenvalue weighted by Crippen LogP contribution is 2.41. The first-order valence-electron chi connectivity index (χ1n) is 5.09. The molecule has 4 nitrogen and oxygen atoms in total. The molecule has 108 valence electrons. The van der Waals surface area contributed by atoms with Crippen LogP contribution in [0.25, 0.3) is 0 Å². The van der Waals surface area contributed by atoms with Crippen molar-refractivity contribution in [1.29, 1.82) is 0 Å². The minimum Gasteiger partial charge on any atom is -0.209 e. The summed E-state index contributed by atoms with van der Waals surface area (Å²) < 4.78 is 29.7. The molecule has 0 fully saturated rings. The number of anilines is 1. The molecule has 19 heavy (non-hydrogen) atoms. The minimum absolute atomic E-state index is 0.362. The van der Waals surface area contributed by atoms with Crippen molar-refractivity contribution in [2.75, 3.05) is 18.6 Å². The molecule has 0 aliphatic carbocycles. The van der Waals surface area contributed by atoms with E-state index in [1.165, 1.54) is 4.31 Å². The first-order chi connectivity index (χ1) is 8.69. The highest BCUT2D eigenvalue weighted by molar-refractivity contribution is 8.04. The van der Waals surface area contributed by atoms with Gasteiger partial charge in [0.25, 0.3) is 11.3 Å². The molecule has 0 N–H and O–H groups in total. The molecule has 0 amide bonds. The maximum absolute atomic E-state index is 13.3. The van der Waals surface area contributed by atoms with Crippen molar-refractivity contribution in [2.24, 2.45) is 0 Å². The lowest BCUT2D eigenvalue weighted by Crippen LogP contribution is -2.27. The largest absolute Gasteiger partial charge is 0.325 e. The van der Waals surface area contributed by atoms with E-state index in [-0.39, 0.29) is 0 Å². The highest BCUT2D eigenvalue weighted by atomic mass is 35.5. The zero-order valence-corrected chi connectivity index (χ0v) is 13.6. The summed E-state index contributed by atoms with van der Waals surface area (Å²) in [6.07, 6.45) is 0. The number of alkyl halides is 3. The minimum atomic E-state index is -2.60. The molecule has 9 heteroatoms. The van der Waals surface area contributed by atoms with Gasteiger partial charge in [-0.1, -0.05) is 40.9 Å². The van der Waals surface area contributed by atoms with Crippen LogP contribution in [0.5, 0.6) is 0 Å². The number of halogens is 3. The molecule has 0 saturated heterocycles. The molecule has 1 aromatic carbocycles. The van der Waals surface area contributed by atoms with Crippen LogP contribution in [0.1, 0.15) is 5.56 Å². The molecule has 0 aliphatic heterocycles. The molecular formula is C10H13Cl2FN2O2S2. The van der Waals surface area contributed by atoms with E-state index >= 15 is 0 Å². The second-order valence-electron chi connectivity index (χ2n) is 3.73. The van der Waals surface area contributed by atoms with Gasteiger partial charge in [-0.15, -0.1) is 4.28 Å². The third-order valence-corrected chi connectivity index (χ3v) is 3.90. The molecule has 0 aliphatic rings. The van der Waals surface area contributed by atoms with Crippen molar-refractivity contribution in [2.45, 2.75) is 10.8 Å². The lowest BCUT2D eigenvalue weighted by molar-refractivity contribution is 0.351. The van der Waals surface area contributed by atoms with E-state index < -0.39 is 15.2 Å². The van der Waals surface area contributed by atoms with Gasteiger partial charge in [0.1, 0.15) is 0 Å². The lowest BCUT2D eigenvalue weighted by Gasteiger charge is -2.24. The van der Waals surface area contributed by atoms with Gasteiger partial charge < -0.3 is 0 Å². The van der Waals surface area contributed by atoms with Crippen LogP contribution < -0.4 is 4.47 Å². The third kappa shape index (κ3) is 6.29.